The van der Waals surface area contributed by atoms with Crippen molar-refractivity contribution in [1.82, 2.24) is 9.88 Å². The standard InChI is InChI=1S/C16H20BrN3O/c1-4-20(5-2)16(21)11(3)19-14-8-6-7-12-9-13(17)10-18-15(12)14/h6-11,19H,4-5H2,1-3H3. The summed E-state index contributed by atoms with van der Waals surface area (Å²) in [6.07, 6.45) is 1.77. The van der Waals surface area contributed by atoms with Gasteiger partial charge in [-0.2, -0.15) is 0 Å². The van der Waals surface area contributed by atoms with Crippen molar-refractivity contribution in [2.75, 3.05) is 18.4 Å². The highest BCUT2D eigenvalue weighted by Crippen LogP contribution is 2.24. The van der Waals surface area contributed by atoms with Crippen LogP contribution in [0.5, 0.6) is 0 Å². The van der Waals surface area contributed by atoms with E-state index in [0.29, 0.717) is 0 Å². The second-order valence-corrected chi connectivity index (χ2v) is 5.82. The highest BCUT2D eigenvalue weighted by molar-refractivity contribution is 9.10. The van der Waals surface area contributed by atoms with Gasteiger partial charge in [0.1, 0.15) is 6.04 Å². The van der Waals surface area contributed by atoms with Crippen LogP contribution in [-0.4, -0.2) is 34.9 Å². The van der Waals surface area contributed by atoms with Crippen molar-refractivity contribution in [1.29, 1.82) is 0 Å². The molecule has 0 aliphatic rings. The smallest absolute Gasteiger partial charge is 0.244 e. The number of carbonyl (C=O) groups is 1. The molecule has 5 heteroatoms. The summed E-state index contributed by atoms with van der Waals surface area (Å²) in [6.45, 7) is 7.32. The van der Waals surface area contributed by atoms with Crippen LogP contribution in [-0.2, 0) is 4.79 Å². The summed E-state index contributed by atoms with van der Waals surface area (Å²) < 4.78 is 0.944. The molecule has 1 N–H and O–H groups in total. The first-order valence-corrected chi connectivity index (χ1v) is 7.95. The molecular formula is C16H20BrN3O. The van der Waals surface area contributed by atoms with E-state index in [0.717, 1.165) is 34.2 Å². The maximum absolute atomic E-state index is 12.3. The summed E-state index contributed by atoms with van der Waals surface area (Å²) in [5.41, 5.74) is 1.76. The lowest BCUT2D eigenvalue weighted by Gasteiger charge is -2.24. The van der Waals surface area contributed by atoms with Gasteiger partial charge < -0.3 is 10.2 Å². The second kappa shape index (κ2) is 6.89. The van der Waals surface area contributed by atoms with Crippen molar-refractivity contribution in [3.63, 3.8) is 0 Å². The number of fused-ring (bicyclic) bond motifs is 1. The number of para-hydroxylation sites is 1. The van der Waals surface area contributed by atoms with Crippen LogP contribution < -0.4 is 5.32 Å². The normalized spacial score (nSPS) is 12.2. The summed E-state index contributed by atoms with van der Waals surface area (Å²) >= 11 is 3.43. The molecule has 0 fully saturated rings. The molecule has 0 aliphatic heterocycles. The molecular weight excluding hydrogens is 330 g/mol. The molecule has 0 saturated heterocycles. The van der Waals surface area contributed by atoms with Gasteiger partial charge in [0.2, 0.25) is 5.91 Å². The fourth-order valence-electron chi connectivity index (χ4n) is 2.35. The van der Waals surface area contributed by atoms with Crippen LogP contribution in [0.15, 0.2) is 34.9 Å². The summed E-state index contributed by atoms with van der Waals surface area (Å²) in [4.78, 5) is 18.6. The van der Waals surface area contributed by atoms with Gasteiger partial charge in [-0.1, -0.05) is 12.1 Å². The Morgan fingerprint density at radius 3 is 2.76 bits per heavy atom. The third kappa shape index (κ3) is 3.53. The van der Waals surface area contributed by atoms with Crippen molar-refractivity contribution < 1.29 is 4.79 Å². The minimum atomic E-state index is -0.277. The number of amides is 1. The Balaban J connectivity index is 2.25. The molecule has 112 valence electrons. The van der Waals surface area contributed by atoms with Crippen molar-refractivity contribution in [2.24, 2.45) is 0 Å². The Labute approximate surface area is 133 Å². The van der Waals surface area contributed by atoms with E-state index in [4.69, 9.17) is 0 Å². The van der Waals surface area contributed by atoms with Crippen molar-refractivity contribution in [2.45, 2.75) is 26.8 Å². The van der Waals surface area contributed by atoms with Crippen molar-refractivity contribution in [3.05, 3.63) is 34.9 Å². The number of hydrogen-bond donors (Lipinski definition) is 1. The molecule has 2 aromatic rings. The van der Waals surface area contributed by atoms with Crippen LogP contribution in [0.25, 0.3) is 10.9 Å². The minimum absolute atomic E-state index is 0.106. The zero-order valence-corrected chi connectivity index (χ0v) is 14.1. The summed E-state index contributed by atoms with van der Waals surface area (Å²) in [7, 11) is 0. The monoisotopic (exact) mass is 349 g/mol. The fraction of sp³-hybridized carbons (Fsp3) is 0.375. The van der Waals surface area contributed by atoms with Gasteiger partial charge in [0.15, 0.2) is 0 Å². The van der Waals surface area contributed by atoms with Gasteiger partial charge in [0.05, 0.1) is 11.2 Å². The van der Waals surface area contributed by atoms with E-state index in [9.17, 15) is 4.79 Å². The molecule has 4 nitrogen and oxygen atoms in total. The Morgan fingerprint density at radius 2 is 2.10 bits per heavy atom. The number of pyridine rings is 1. The minimum Gasteiger partial charge on any atom is -0.372 e. The van der Waals surface area contributed by atoms with Gasteiger partial charge in [-0.15, -0.1) is 0 Å². The maximum Gasteiger partial charge on any atom is 0.244 e. The van der Waals surface area contributed by atoms with Gasteiger partial charge in [0, 0.05) is 29.1 Å². The first-order valence-electron chi connectivity index (χ1n) is 7.16. The van der Waals surface area contributed by atoms with Gasteiger partial charge in [-0.3, -0.25) is 9.78 Å². The molecule has 1 aromatic carbocycles. The van der Waals surface area contributed by atoms with Gasteiger partial charge >= 0.3 is 0 Å². The van der Waals surface area contributed by atoms with Gasteiger partial charge in [-0.25, -0.2) is 0 Å². The Bertz CT molecular complexity index is 640. The van der Waals surface area contributed by atoms with Crippen LogP contribution >= 0.6 is 15.9 Å². The zero-order valence-electron chi connectivity index (χ0n) is 12.6. The highest BCUT2D eigenvalue weighted by Gasteiger charge is 2.18. The zero-order chi connectivity index (χ0) is 15.4. The van der Waals surface area contributed by atoms with Gasteiger partial charge in [0.25, 0.3) is 0 Å². The predicted molar refractivity (Wildman–Crippen MR) is 90.5 cm³/mol. The predicted octanol–water partition coefficient (Wildman–Crippen LogP) is 3.67. The van der Waals surface area contributed by atoms with E-state index in [2.05, 4.69) is 26.2 Å². The summed E-state index contributed by atoms with van der Waals surface area (Å²) in [5, 5.41) is 4.32. The van der Waals surface area contributed by atoms with Gasteiger partial charge in [-0.05, 0) is 48.8 Å². The number of carbonyl (C=O) groups excluding carboxylic acids is 1. The molecule has 2 rings (SSSR count). The van der Waals surface area contributed by atoms with Crippen LogP contribution in [0.4, 0.5) is 5.69 Å². The first-order chi connectivity index (χ1) is 10.1. The average molecular weight is 350 g/mol. The molecule has 0 radical (unpaired) electrons. The van der Waals surface area contributed by atoms with E-state index in [-0.39, 0.29) is 11.9 Å². The fourth-order valence-corrected chi connectivity index (χ4v) is 2.70. The number of benzene rings is 1. The lowest BCUT2D eigenvalue weighted by atomic mass is 10.1. The van der Waals surface area contributed by atoms with Crippen LogP contribution in [0, 0.1) is 0 Å². The Morgan fingerprint density at radius 1 is 1.38 bits per heavy atom. The largest absolute Gasteiger partial charge is 0.372 e. The number of likely N-dealkylation sites (N-methyl/N-ethyl adjacent to an activating group) is 1. The third-order valence-electron chi connectivity index (χ3n) is 3.50. The molecule has 1 unspecified atom stereocenters. The summed E-state index contributed by atoms with van der Waals surface area (Å²) in [6, 6.07) is 7.67. The SMILES string of the molecule is CCN(CC)C(=O)C(C)Nc1cccc2cc(Br)cnc12. The quantitative estimate of drug-likeness (QED) is 0.895. The number of anilines is 1. The molecule has 0 aliphatic carbocycles. The summed E-state index contributed by atoms with van der Waals surface area (Å²) in [5.74, 6) is 0.106. The molecule has 0 saturated carbocycles. The van der Waals surface area contributed by atoms with E-state index in [1.54, 1.807) is 6.20 Å². The maximum atomic E-state index is 12.3. The lowest BCUT2D eigenvalue weighted by Crippen LogP contribution is -2.41. The average Bonchev–Trinajstić information content (AvgIpc) is 2.48. The van der Waals surface area contributed by atoms with E-state index < -0.39 is 0 Å². The first kappa shape index (κ1) is 15.8. The number of nitrogens with zero attached hydrogens (tertiary/aromatic N) is 2. The van der Waals surface area contributed by atoms with Crippen LogP contribution in [0.3, 0.4) is 0 Å². The number of rotatable bonds is 5. The molecule has 1 amide bonds. The number of aromatic nitrogens is 1. The topological polar surface area (TPSA) is 45.2 Å². The molecule has 1 heterocycles. The lowest BCUT2D eigenvalue weighted by molar-refractivity contribution is -0.131. The number of hydrogen-bond acceptors (Lipinski definition) is 3. The number of halogens is 1. The van der Waals surface area contributed by atoms with E-state index >= 15 is 0 Å². The Kier molecular flexibility index (Phi) is 5.17. The molecule has 1 atom stereocenters. The van der Waals surface area contributed by atoms with Crippen LogP contribution in [0.1, 0.15) is 20.8 Å². The van der Waals surface area contributed by atoms with E-state index in [1.807, 2.05) is 49.9 Å². The third-order valence-corrected chi connectivity index (χ3v) is 3.93. The molecule has 0 spiro atoms. The van der Waals surface area contributed by atoms with E-state index in [1.165, 1.54) is 0 Å². The molecule has 21 heavy (non-hydrogen) atoms. The molecule has 1 aromatic heterocycles. The van der Waals surface area contributed by atoms with Crippen molar-refractivity contribution in [3.8, 4) is 0 Å². The molecule has 0 bridgehead atoms. The van der Waals surface area contributed by atoms with Crippen molar-refractivity contribution >= 4 is 38.4 Å². The number of nitrogens with one attached hydrogen (secondary N) is 1. The van der Waals surface area contributed by atoms with Crippen LogP contribution in [0.2, 0.25) is 0 Å². The second-order valence-electron chi connectivity index (χ2n) is 4.91. The Hall–Kier alpha value is -1.62. The highest BCUT2D eigenvalue weighted by atomic mass is 79.9.